The third kappa shape index (κ3) is 4.56. The summed E-state index contributed by atoms with van der Waals surface area (Å²) in [4.78, 5) is 1.95. The SMILES string of the molecule is C=C(/C=C(\C(=C)C)C1=C(F)C=CCCC1C#N)/C(=C/C)N(C)C. The zero-order chi connectivity index (χ0) is 17.6. The molecule has 0 aromatic carbocycles. The molecule has 1 atom stereocenters. The first-order valence-electron chi connectivity index (χ1n) is 7.70. The van der Waals surface area contributed by atoms with Gasteiger partial charge in [0.2, 0.25) is 0 Å². The number of rotatable bonds is 5. The van der Waals surface area contributed by atoms with Crippen LogP contribution in [0.1, 0.15) is 26.7 Å². The average Bonchev–Trinajstić information content (AvgIpc) is 2.66. The van der Waals surface area contributed by atoms with Crippen LogP contribution in [-0.2, 0) is 0 Å². The Morgan fingerprint density at radius 2 is 2.09 bits per heavy atom. The lowest BCUT2D eigenvalue weighted by Gasteiger charge is -2.21. The van der Waals surface area contributed by atoms with Gasteiger partial charge in [0.1, 0.15) is 5.83 Å². The summed E-state index contributed by atoms with van der Waals surface area (Å²) in [6, 6.07) is 2.22. The number of hydrogen-bond donors (Lipinski definition) is 0. The Hall–Kier alpha value is -2.34. The molecule has 0 saturated carbocycles. The van der Waals surface area contributed by atoms with Crippen molar-refractivity contribution in [3.63, 3.8) is 0 Å². The van der Waals surface area contributed by atoms with Gasteiger partial charge in [-0.1, -0.05) is 30.9 Å². The maximum atomic E-state index is 14.6. The smallest absolute Gasteiger partial charge is 0.128 e. The molecular formula is C20H25FN2. The van der Waals surface area contributed by atoms with Crippen molar-refractivity contribution < 1.29 is 4.39 Å². The van der Waals surface area contributed by atoms with Crippen molar-refractivity contribution >= 4 is 0 Å². The Kier molecular flexibility index (Phi) is 6.78. The average molecular weight is 312 g/mol. The highest BCUT2D eigenvalue weighted by atomic mass is 19.1. The van der Waals surface area contributed by atoms with Crippen LogP contribution in [0, 0.1) is 17.2 Å². The Morgan fingerprint density at radius 1 is 1.43 bits per heavy atom. The summed E-state index contributed by atoms with van der Waals surface area (Å²) in [6.07, 6.45) is 8.31. The van der Waals surface area contributed by atoms with E-state index in [0.717, 1.165) is 16.8 Å². The van der Waals surface area contributed by atoms with Crippen LogP contribution in [0.2, 0.25) is 0 Å². The van der Waals surface area contributed by atoms with Crippen LogP contribution in [0.3, 0.4) is 0 Å². The Labute approximate surface area is 139 Å². The third-order valence-corrected chi connectivity index (χ3v) is 3.80. The number of likely N-dealkylation sites (N-methyl/N-ethyl adjacent to an activating group) is 1. The summed E-state index contributed by atoms with van der Waals surface area (Å²) in [5.41, 5.74) is 3.51. The summed E-state index contributed by atoms with van der Waals surface area (Å²) in [5.74, 6) is -0.836. The molecule has 1 rings (SSSR count). The molecule has 0 aromatic rings. The monoisotopic (exact) mass is 312 g/mol. The van der Waals surface area contributed by atoms with Gasteiger partial charge in [0.05, 0.1) is 12.0 Å². The molecule has 0 spiro atoms. The minimum Gasteiger partial charge on any atom is -0.377 e. The molecule has 0 heterocycles. The highest BCUT2D eigenvalue weighted by Gasteiger charge is 2.23. The lowest BCUT2D eigenvalue weighted by atomic mass is 9.86. The van der Waals surface area contributed by atoms with Gasteiger partial charge in [-0.3, -0.25) is 0 Å². The molecule has 1 aliphatic carbocycles. The molecule has 0 bridgehead atoms. The third-order valence-electron chi connectivity index (χ3n) is 3.80. The minimum absolute atomic E-state index is 0.358. The lowest BCUT2D eigenvalue weighted by molar-refractivity contribution is 0.523. The van der Waals surface area contributed by atoms with Crippen LogP contribution >= 0.6 is 0 Å². The Balaban J connectivity index is 3.44. The molecule has 0 amide bonds. The maximum Gasteiger partial charge on any atom is 0.128 e. The van der Waals surface area contributed by atoms with Gasteiger partial charge in [0.15, 0.2) is 0 Å². The van der Waals surface area contributed by atoms with Gasteiger partial charge in [-0.15, -0.1) is 0 Å². The molecule has 0 fully saturated rings. The number of nitrogens with zero attached hydrogens (tertiary/aromatic N) is 2. The van der Waals surface area contributed by atoms with Crippen LogP contribution in [0.15, 0.2) is 71.3 Å². The second-order valence-corrected chi connectivity index (χ2v) is 5.85. The van der Waals surface area contributed by atoms with E-state index >= 15 is 0 Å². The molecule has 3 heteroatoms. The summed E-state index contributed by atoms with van der Waals surface area (Å²) in [6.45, 7) is 11.8. The summed E-state index contributed by atoms with van der Waals surface area (Å²) in [7, 11) is 3.86. The van der Waals surface area contributed by atoms with E-state index < -0.39 is 5.92 Å². The molecule has 23 heavy (non-hydrogen) atoms. The number of hydrogen-bond acceptors (Lipinski definition) is 2. The van der Waals surface area contributed by atoms with Gasteiger partial charge >= 0.3 is 0 Å². The highest BCUT2D eigenvalue weighted by molar-refractivity contribution is 5.55. The quantitative estimate of drug-likeness (QED) is 0.650. The van der Waals surface area contributed by atoms with Gasteiger partial charge in [0.25, 0.3) is 0 Å². The Morgan fingerprint density at radius 3 is 2.57 bits per heavy atom. The molecular weight excluding hydrogens is 287 g/mol. The molecule has 1 unspecified atom stereocenters. The zero-order valence-corrected chi connectivity index (χ0v) is 14.5. The van der Waals surface area contributed by atoms with Crippen molar-refractivity contribution in [1.82, 2.24) is 4.90 Å². The second-order valence-electron chi connectivity index (χ2n) is 5.85. The van der Waals surface area contributed by atoms with Crippen LogP contribution < -0.4 is 0 Å². The molecule has 0 aliphatic heterocycles. The van der Waals surface area contributed by atoms with Crippen LogP contribution in [-0.4, -0.2) is 19.0 Å². The normalized spacial score (nSPS) is 19.2. The molecule has 2 nitrogen and oxygen atoms in total. The molecule has 0 saturated heterocycles. The molecule has 0 N–H and O–H groups in total. The lowest BCUT2D eigenvalue weighted by Crippen LogP contribution is -2.13. The second kappa shape index (κ2) is 8.33. The topological polar surface area (TPSA) is 27.0 Å². The van der Waals surface area contributed by atoms with E-state index in [1.807, 2.05) is 45.0 Å². The summed E-state index contributed by atoms with van der Waals surface area (Å²) < 4.78 is 14.6. The predicted octanol–water partition coefficient (Wildman–Crippen LogP) is 5.22. The molecule has 1 aliphatic rings. The fraction of sp³-hybridized carbons (Fsp3) is 0.350. The first-order valence-corrected chi connectivity index (χ1v) is 7.70. The first-order chi connectivity index (χ1) is 10.8. The minimum atomic E-state index is -0.478. The number of halogens is 1. The van der Waals surface area contributed by atoms with E-state index in [-0.39, 0.29) is 5.83 Å². The largest absolute Gasteiger partial charge is 0.377 e. The zero-order valence-electron chi connectivity index (χ0n) is 14.5. The van der Waals surface area contributed by atoms with Crippen LogP contribution in [0.5, 0.6) is 0 Å². The van der Waals surface area contributed by atoms with E-state index in [9.17, 15) is 9.65 Å². The molecule has 122 valence electrons. The van der Waals surface area contributed by atoms with Crippen LogP contribution in [0.4, 0.5) is 4.39 Å². The molecule has 0 aromatic heterocycles. The van der Waals surface area contributed by atoms with Crippen molar-refractivity contribution in [2.45, 2.75) is 26.7 Å². The fourth-order valence-electron chi connectivity index (χ4n) is 2.71. The first kappa shape index (κ1) is 18.7. The van der Waals surface area contributed by atoms with Crippen molar-refractivity contribution in [2.75, 3.05) is 14.1 Å². The van der Waals surface area contributed by atoms with Crippen molar-refractivity contribution in [2.24, 2.45) is 5.92 Å². The van der Waals surface area contributed by atoms with Gasteiger partial charge in [-0.05, 0) is 50.0 Å². The molecule has 0 radical (unpaired) electrons. The Bertz CT molecular complexity index is 652. The highest BCUT2D eigenvalue weighted by Crippen LogP contribution is 2.35. The van der Waals surface area contributed by atoms with E-state index in [4.69, 9.17) is 0 Å². The van der Waals surface area contributed by atoms with E-state index in [1.54, 1.807) is 6.08 Å². The standard InChI is InChI=1S/C20H25FN2/c1-7-19(23(5)6)15(4)12-17(14(2)3)20-16(13-22)10-8-9-11-18(20)21/h7,9,11-12,16H,2,4,8,10H2,1,3,5-6H3/b17-12+,19-7-. The summed E-state index contributed by atoms with van der Waals surface area (Å²) in [5, 5.41) is 9.44. The van der Waals surface area contributed by atoms with Crippen LogP contribution in [0.25, 0.3) is 0 Å². The maximum absolute atomic E-state index is 14.6. The van der Waals surface area contributed by atoms with E-state index in [0.29, 0.717) is 24.0 Å². The van der Waals surface area contributed by atoms with Gasteiger partial charge in [0, 0.05) is 25.4 Å². The fourth-order valence-corrected chi connectivity index (χ4v) is 2.71. The predicted molar refractivity (Wildman–Crippen MR) is 95.1 cm³/mol. The van der Waals surface area contributed by atoms with Crippen molar-refractivity contribution in [1.29, 1.82) is 5.26 Å². The van der Waals surface area contributed by atoms with E-state index in [1.165, 1.54) is 6.08 Å². The van der Waals surface area contributed by atoms with Crippen molar-refractivity contribution in [3.05, 3.63) is 71.3 Å². The van der Waals surface area contributed by atoms with Gasteiger partial charge in [-0.25, -0.2) is 4.39 Å². The van der Waals surface area contributed by atoms with Gasteiger partial charge < -0.3 is 4.90 Å². The summed E-state index contributed by atoms with van der Waals surface area (Å²) >= 11 is 0. The van der Waals surface area contributed by atoms with Gasteiger partial charge in [-0.2, -0.15) is 5.26 Å². The number of allylic oxidation sites excluding steroid dienone is 8. The number of nitriles is 1. The van der Waals surface area contributed by atoms with Crippen molar-refractivity contribution in [3.8, 4) is 6.07 Å². The van der Waals surface area contributed by atoms with E-state index in [2.05, 4.69) is 19.2 Å².